The van der Waals surface area contributed by atoms with Crippen molar-refractivity contribution in [1.82, 2.24) is 9.55 Å². The molecule has 1 aromatic heterocycles. The minimum absolute atomic E-state index is 0.227. The molecule has 1 aromatic carbocycles. The Kier molecular flexibility index (Phi) is 2.71. The number of aryl methyl sites for hydroxylation is 1. The van der Waals surface area contributed by atoms with Crippen LogP contribution in [0.5, 0.6) is 0 Å². The lowest BCUT2D eigenvalue weighted by Gasteiger charge is -2.08. The van der Waals surface area contributed by atoms with Crippen molar-refractivity contribution in [3.8, 4) is 0 Å². The average molecular weight is 241 g/mol. The molecule has 0 fully saturated rings. The Morgan fingerprint density at radius 1 is 1.47 bits per heavy atom. The van der Waals surface area contributed by atoms with Gasteiger partial charge < -0.3 is 4.57 Å². The highest BCUT2D eigenvalue weighted by Gasteiger charge is 2.07. The van der Waals surface area contributed by atoms with Gasteiger partial charge in [0, 0.05) is 12.1 Å². The van der Waals surface area contributed by atoms with Crippen LogP contribution in [0.1, 0.15) is 0 Å². The van der Waals surface area contributed by atoms with Gasteiger partial charge in [0.15, 0.2) is 5.16 Å². The van der Waals surface area contributed by atoms with E-state index in [2.05, 4.69) is 4.98 Å². The van der Waals surface area contributed by atoms with Crippen LogP contribution in [0, 0.1) is 0 Å². The molecule has 0 bridgehead atoms. The molecule has 0 saturated carbocycles. The second-order valence-corrected chi connectivity index (χ2v) is 4.33. The molecule has 0 radical (unpaired) electrons. The van der Waals surface area contributed by atoms with E-state index in [1.165, 1.54) is 11.8 Å². The van der Waals surface area contributed by atoms with E-state index in [1.54, 1.807) is 12.1 Å². The smallest absolute Gasteiger partial charge is 0.281 e. The van der Waals surface area contributed by atoms with Crippen LogP contribution in [0.4, 0.5) is 0 Å². The van der Waals surface area contributed by atoms with E-state index < -0.39 is 0 Å². The summed E-state index contributed by atoms with van der Waals surface area (Å²) < 4.78 is 1.89. The third-order valence-corrected chi connectivity index (χ3v) is 3.18. The van der Waals surface area contributed by atoms with Crippen molar-refractivity contribution in [2.24, 2.45) is 7.05 Å². The fourth-order valence-electron chi connectivity index (χ4n) is 1.48. The van der Waals surface area contributed by atoms with Gasteiger partial charge in [0.1, 0.15) is 0 Å². The van der Waals surface area contributed by atoms with Gasteiger partial charge in [-0.15, -0.1) is 0 Å². The first-order chi connectivity index (χ1) is 7.13. The van der Waals surface area contributed by atoms with Gasteiger partial charge in [-0.25, -0.2) is 0 Å². The summed E-state index contributed by atoms with van der Waals surface area (Å²) in [6.07, 6.45) is 1.89. The van der Waals surface area contributed by atoms with Gasteiger partial charge in [-0.1, -0.05) is 23.4 Å². The third-order valence-electron chi connectivity index (χ3n) is 2.22. The number of fused-ring (bicyclic) bond motifs is 1. The maximum atomic E-state index is 11.7. The number of hydrogen-bond donors (Lipinski definition) is 0. The van der Waals surface area contributed by atoms with Crippen molar-refractivity contribution < 1.29 is 0 Å². The maximum Gasteiger partial charge on any atom is 0.281 e. The molecule has 0 unspecified atom stereocenters. The van der Waals surface area contributed by atoms with Gasteiger partial charge in [0.25, 0.3) is 5.56 Å². The zero-order valence-electron chi connectivity index (χ0n) is 8.32. The summed E-state index contributed by atoms with van der Waals surface area (Å²) in [5.41, 5.74) is 0.624. The first-order valence-corrected chi connectivity index (χ1v) is 5.94. The molecule has 0 aliphatic carbocycles. The Morgan fingerprint density at radius 2 is 2.20 bits per heavy atom. The number of thioether (sulfide) groups is 1. The molecule has 0 atom stereocenters. The van der Waals surface area contributed by atoms with Crippen LogP contribution in [-0.4, -0.2) is 15.8 Å². The third kappa shape index (κ3) is 1.75. The quantitative estimate of drug-likeness (QED) is 0.567. The average Bonchev–Trinajstić information content (AvgIpc) is 2.23. The predicted molar refractivity (Wildman–Crippen MR) is 63.8 cm³/mol. The Balaban J connectivity index is 2.93. The molecule has 1 heterocycles. The van der Waals surface area contributed by atoms with Crippen LogP contribution in [0.2, 0.25) is 5.02 Å². The second kappa shape index (κ2) is 3.87. The van der Waals surface area contributed by atoms with Gasteiger partial charge in [-0.2, -0.15) is 4.98 Å². The zero-order chi connectivity index (χ0) is 11.0. The summed E-state index contributed by atoms with van der Waals surface area (Å²) in [4.78, 5) is 15.6. The van der Waals surface area contributed by atoms with Crippen LogP contribution in [-0.2, 0) is 7.05 Å². The Morgan fingerprint density at radius 3 is 2.87 bits per heavy atom. The van der Waals surface area contributed by atoms with Crippen molar-refractivity contribution >= 4 is 34.3 Å². The van der Waals surface area contributed by atoms with Crippen LogP contribution < -0.4 is 5.56 Å². The van der Waals surface area contributed by atoms with Crippen molar-refractivity contribution in [2.75, 3.05) is 6.26 Å². The monoisotopic (exact) mass is 240 g/mol. The molecule has 0 N–H and O–H groups in total. The summed E-state index contributed by atoms with van der Waals surface area (Å²) in [5.74, 6) is 0. The molecule has 0 aliphatic heterocycles. The number of nitrogens with zero attached hydrogens (tertiary/aromatic N) is 2. The summed E-state index contributed by atoms with van der Waals surface area (Å²) in [7, 11) is 1.88. The molecular formula is C10H9ClN2OS. The Labute approximate surface area is 96.1 Å². The molecule has 0 spiro atoms. The van der Waals surface area contributed by atoms with E-state index in [-0.39, 0.29) is 5.56 Å². The molecule has 3 nitrogen and oxygen atoms in total. The van der Waals surface area contributed by atoms with Crippen LogP contribution in [0.3, 0.4) is 0 Å². The first kappa shape index (κ1) is 10.5. The highest BCUT2D eigenvalue weighted by Crippen LogP contribution is 2.19. The number of aromatic nitrogens is 2. The van der Waals surface area contributed by atoms with E-state index >= 15 is 0 Å². The molecule has 0 aliphatic rings. The van der Waals surface area contributed by atoms with Gasteiger partial charge in [0.05, 0.1) is 10.9 Å². The van der Waals surface area contributed by atoms with Gasteiger partial charge in [-0.05, 0) is 24.5 Å². The molecule has 2 aromatic rings. The molecular weight excluding hydrogens is 232 g/mol. The minimum atomic E-state index is -0.227. The van der Waals surface area contributed by atoms with E-state index in [0.717, 1.165) is 5.52 Å². The molecule has 0 amide bonds. The zero-order valence-corrected chi connectivity index (χ0v) is 9.89. The maximum absolute atomic E-state index is 11.7. The summed E-state index contributed by atoms with van der Waals surface area (Å²) in [6, 6.07) is 5.25. The van der Waals surface area contributed by atoms with Crippen LogP contribution >= 0.6 is 23.4 Å². The predicted octanol–water partition coefficient (Wildman–Crippen LogP) is 2.31. The van der Waals surface area contributed by atoms with Crippen molar-refractivity contribution in [1.29, 1.82) is 0 Å². The molecule has 15 heavy (non-hydrogen) atoms. The molecule has 78 valence electrons. The number of benzene rings is 1. The summed E-state index contributed by atoms with van der Waals surface area (Å²) in [6.45, 7) is 0. The normalized spacial score (nSPS) is 10.9. The topological polar surface area (TPSA) is 34.9 Å². The van der Waals surface area contributed by atoms with E-state index in [4.69, 9.17) is 11.6 Å². The van der Waals surface area contributed by atoms with E-state index in [9.17, 15) is 4.79 Å². The lowest BCUT2D eigenvalue weighted by molar-refractivity contribution is 0.767. The van der Waals surface area contributed by atoms with E-state index in [1.807, 2.05) is 23.9 Å². The highest BCUT2D eigenvalue weighted by molar-refractivity contribution is 7.98. The second-order valence-electron chi connectivity index (χ2n) is 3.12. The fourth-order valence-corrected chi connectivity index (χ4v) is 2.20. The van der Waals surface area contributed by atoms with Crippen LogP contribution in [0.15, 0.2) is 28.2 Å². The largest absolute Gasteiger partial charge is 0.323 e. The Bertz CT molecular complexity index is 579. The van der Waals surface area contributed by atoms with Crippen molar-refractivity contribution in [3.63, 3.8) is 0 Å². The lowest BCUT2D eigenvalue weighted by Crippen LogP contribution is -2.13. The number of rotatable bonds is 1. The van der Waals surface area contributed by atoms with Gasteiger partial charge >= 0.3 is 0 Å². The minimum Gasteiger partial charge on any atom is -0.323 e. The van der Waals surface area contributed by atoms with Crippen molar-refractivity contribution in [2.45, 2.75) is 5.16 Å². The summed E-state index contributed by atoms with van der Waals surface area (Å²) >= 11 is 7.28. The standard InChI is InChI=1S/C10H9ClN2OS/c1-13-8-4-3-6(11)5-7(8)9(14)12-10(13)15-2/h3-5H,1-2H3. The van der Waals surface area contributed by atoms with Crippen molar-refractivity contribution in [3.05, 3.63) is 33.6 Å². The summed E-state index contributed by atoms with van der Waals surface area (Å²) in [5, 5.41) is 1.82. The number of hydrogen-bond acceptors (Lipinski definition) is 3. The SMILES string of the molecule is CSc1nc(=O)c2cc(Cl)ccc2n1C. The number of halogens is 1. The highest BCUT2D eigenvalue weighted by atomic mass is 35.5. The first-order valence-electron chi connectivity index (χ1n) is 4.34. The lowest BCUT2D eigenvalue weighted by atomic mass is 10.2. The fraction of sp³-hybridized carbons (Fsp3) is 0.200. The molecule has 5 heteroatoms. The van der Waals surface area contributed by atoms with Gasteiger partial charge in [0.2, 0.25) is 0 Å². The van der Waals surface area contributed by atoms with E-state index in [0.29, 0.717) is 15.6 Å². The molecule has 2 rings (SSSR count). The molecule has 0 saturated heterocycles. The van der Waals surface area contributed by atoms with Gasteiger partial charge in [-0.3, -0.25) is 4.79 Å². The van der Waals surface area contributed by atoms with Crippen LogP contribution in [0.25, 0.3) is 10.9 Å². The Hall–Kier alpha value is -1.00.